The van der Waals surface area contributed by atoms with Crippen LogP contribution in [-0.2, 0) is 4.79 Å². The summed E-state index contributed by atoms with van der Waals surface area (Å²) in [5, 5.41) is 3.28. The minimum atomic E-state index is -0.340. The van der Waals surface area contributed by atoms with E-state index in [0.29, 0.717) is 33.1 Å². The summed E-state index contributed by atoms with van der Waals surface area (Å²) < 4.78 is 5.49. The lowest BCUT2D eigenvalue weighted by Gasteiger charge is -2.11. The fourth-order valence-electron chi connectivity index (χ4n) is 2.77. The number of hydrogen-bond acceptors (Lipinski definition) is 4. The van der Waals surface area contributed by atoms with E-state index in [-0.39, 0.29) is 24.2 Å². The third kappa shape index (κ3) is 5.93. The van der Waals surface area contributed by atoms with Crippen molar-refractivity contribution in [2.75, 3.05) is 26.0 Å². The quantitative estimate of drug-likeness (QED) is 0.560. The number of rotatable bonds is 7. The normalized spacial score (nSPS) is 10.3. The average Bonchev–Trinajstić information content (AvgIpc) is 2.78. The second kappa shape index (κ2) is 9.91. The van der Waals surface area contributed by atoms with Crippen LogP contribution in [0.25, 0.3) is 0 Å². The number of carbonyl (C=O) groups is 3. The fourth-order valence-corrected chi connectivity index (χ4v) is 2.90. The van der Waals surface area contributed by atoms with Gasteiger partial charge in [0.05, 0.1) is 0 Å². The van der Waals surface area contributed by atoms with Crippen molar-refractivity contribution in [3.05, 3.63) is 94.5 Å². The molecule has 0 saturated carbocycles. The number of carbonyl (C=O) groups excluding carboxylic acids is 3. The Kier molecular flexibility index (Phi) is 7.05. The molecule has 0 fully saturated rings. The van der Waals surface area contributed by atoms with Gasteiger partial charge in [-0.3, -0.25) is 14.4 Å². The predicted octanol–water partition coefficient (Wildman–Crippen LogP) is 4.29. The van der Waals surface area contributed by atoms with E-state index in [0.717, 1.165) is 0 Å². The molecule has 0 heterocycles. The maximum atomic E-state index is 12.5. The second-order valence-electron chi connectivity index (χ2n) is 6.97. The summed E-state index contributed by atoms with van der Waals surface area (Å²) in [5.41, 5.74) is 2.14. The highest BCUT2D eigenvalue weighted by Gasteiger charge is 2.11. The largest absolute Gasteiger partial charge is 0.484 e. The van der Waals surface area contributed by atoms with Gasteiger partial charge in [-0.05, 0) is 72.8 Å². The van der Waals surface area contributed by atoms with Gasteiger partial charge in [0.15, 0.2) is 12.4 Å². The standard InChI is InChI=1S/C24H21ClN2O4/c1-27(2)24(30)18-5-11-20(12-6-18)26-22(28)15-31-21-13-7-17(8-14-21)23(29)16-3-9-19(25)10-4-16/h3-14H,15H2,1-2H3,(H,26,28). The lowest BCUT2D eigenvalue weighted by Crippen LogP contribution is -2.22. The number of anilines is 1. The Hall–Kier alpha value is -3.64. The summed E-state index contributed by atoms with van der Waals surface area (Å²) in [6.07, 6.45) is 0. The molecular formula is C24H21ClN2O4. The first kappa shape index (κ1) is 22.1. The van der Waals surface area contributed by atoms with Crippen LogP contribution in [0.3, 0.4) is 0 Å². The fraction of sp³-hybridized carbons (Fsp3) is 0.125. The molecule has 158 valence electrons. The molecule has 3 aromatic carbocycles. The van der Waals surface area contributed by atoms with Crippen LogP contribution in [0, 0.1) is 0 Å². The van der Waals surface area contributed by atoms with Crippen molar-refractivity contribution in [1.82, 2.24) is 4.90 Å². The molecule has 31 heavy (non-hydrogen) atoms. The number of halogens is 1. The number of amides is 2. The third-order valence-corrected chi connectivity index (χ3v) is 4.67. The van der Waals surface area contributed by atoms with Crippen molar-refractivity contribution in [2.45, 2.75) is 0 Å². The highest BCUT2D eigenvalue weighted by atomic mass is 35.5. The van der Waals surface area contributed by atoms with Crippen LogP contribution in [0.15, 0.2) is 72.8 Å². The molecule has 0 spiro atoms. The Bertz CT molecular complexity index is 1080. The molecule has 0 aliphatic heterocycles. The smallest absolute Gasteiger partial charge is 0.262 e. The maximum Gasteiger partial charge on any atom is 0.262 e. The van der Waals surface area contributed by atoms with Gasteiger partial charge < -0.3 is 15.0 Å². The van der Waals surface area contributed by atoms with Crippen LogP contribution < -0.4 is 10.1 Å². The number of ketones is 1. The van der Waals surface area contributed by atoms with Crippen LogP contribution in [0.4, 0.5) is 5.69 Å². The number of nitrogens with zero attached hydrogens (tertiary/aromatic N) is 1. The van der Waals surface area contributed by atoms with Crippen molar-refractivity contribution < 1.29 is 19.1 Å². The summed E-state index contributed by atoms with van der Waals surface area (Å²) in [4.78, 5) is 38.0. The minimum Gasteiger partial charge on any atom is -0.484 e. The van der Waals surface area contributed by atoms with Gasteiger partial charge >= 0.3 is 0 Å². The summed E-state index contributed by atoms with van der Waals surface area (Å²) in [6.45, 7) is -0.192. The SMILES string of the molecule is CN(C)C(=O)c1ccc(NC(=O)COc2ccc(C(=O)c3ccc(Cl)cc3)cc2)cc1. The van der Waals surface area contributed by atoms with Gasteiger partial charge in [-0.15, -0.1) is 0 Å². The van der Waals surface area contributed by atoms with Crippen molar-refractivity contribution in [2.24, 2.45) is 0 Å². The van der Waals surface area contributed by atoms with E-state index in [1.807, 2.05) is 0 Å². The van der Waals surface area contributed by atoms with Crippen molar-refractivity contribution in [3.63, 3.8) is 0 Å². The van der Waals surface area contributed by atoms with Gasteiger partial charge in [0.1, 0.15) is 5.75 Å². The Morgan fingerprint density at radius 1 is 0.806 bits per heavy atom. The van der Waals surface area contributed by atoms with Gasteiger partial charge in [-0.2, -0.15) is 0 Å². The maximum absolute atomic E-state index is 12.5. The first-order chi connectivity index (χ1) is 14.8. The predicted molar refractivity (Wildman–Crippen MR) is 120 cm³/mol. The topological polar surface area (TPSA) is 75.7 Å². The highest BCUT2D eigenvalue weighted by molar-refractivity contribution is 6.30. The van der Waals surface area contributed by atoms with E-state index in [9.17, 15) is 14.4 Å². The zero-order valence-corrected chi connectivity index (χ0v) is 17.8. The monoisotopic (exact) mass is 436 g/mol. The van der Waals surface area contributed by atoms with E-state index in [1.54, 1.807) is 86.9 Å². The second-order valence-corrected chi connectivity index (χ2v) is 7.41. The summed E-state index contributed by atoms with van der Waals surface area (Å²) >= 11 is 5.85. The van der Waals surface area contributed by atoms with E-state index in [1.165, 1.54) is 4.90 Å². The Morgan fingerprint density at radius 3 is 1.87 bits per heavy atom. The van der Waals surface area contributed by atoms with Crippen LogP contribution in [0.2, 0.25) is 5.02 Å². The third-order valence-electron chi connectivity index (χ3n) is 4.41. The first-order valence-corrected chi connectivity index (χ1v) is 9.86. The zero-order valence-electron chi connectivity index (χ0n) is 17.1. The van der Waals surface area contributed by atoms with Crippen molar-refractivity contribution in [1.29, 1.82) is 0 Å². The molecule has 0 atom stereocenters. The molecule has 0 bridgehead atoms. The lowest BCUT2D eigenvalue weighted by atomic mass is 10.0. The van der Waals surface area contributed by atoms with E-state index >= 15 is 0 Å². The van der Waals surface area contributed by atoms with E-state index in [2.05, 4.69) is 5.32 Å². The molecule has 3 rings (SSSR count). The summed E-state index contributed by atoms with van der Waals surface area (Å²) in [5.74, 6) is -0.112. The molecule has 1 N–H and O–H groups in total. The molecule has 7 heteroatoms. The van der Waals surface area contributed by atoms with Gasteiger partial charge in [-0.25, -0.2) is 0 Å². The van der Waals surface area contributed by atoms with E-state index < -0.39 is 0 Å². The van der Waals surface area contributed by atoms with Crippen molar-refractivity contribution >= 4 is 34.9 Å². The van der Waals surface area contributed by atoms with Gasteiger partial charge in [0.25, 0.3) is 11.8 Å². The molecule has 2 amide bonds. The molecule has 0 aliphatic rings. The zero-order chi connectivity index (χ0) is 22.4. The highest BCUT2D eigenvalue weighted by Crippen LogP contribution is 2.17. The minimum absolute atomic E-state index is 0.112. The number of ether oxygens (including phenoxy) is 1. The van der Waals surface area contributed by atoms with Crippen LogP contribution in [0.5, 0.6) is 5.75 Å². The van der Waals surface area contributed by atoms with Crippen molar-refractivity contribution in [3.8, 4) is 5.75 Å². The van der Waals surface area contributed by atoms with Gasteiger partial charge in [0.2, 0.25) is 0 Å². The van der Waals surface area contributed by atoms with Crippen LogP contribution in [0.1, 0.15) is 26.3 Å². The molecule has 6 nitrogen and oxygen atoms in total. The summed E-state index contributed by atoms with van der Waals surface area (Å²) in [6, 6.07) is 19.8. The Labute approximate surface area is 185 Å². The van der Waals surface area contributed by atoms with Gasteiger partial charge in [-0.1, -0.05) is 11.6 Å². The number of nitrogens with one attached hydrogen (secondary N) is 1. The van der Waals surface area contributed by atoms with E-state index in [4.69, 9.17) is 16.3 Å². The number of hydrogen-bond donors (Lipinski definition) is 1. The van der Waals surface area contributed by atoms with Crippen LogP contribution in [-0.4, -0.2) is 43.2 Å². The summed E-state index contributed by atoms with van der Waals surface area (Å²) in [7, 11) is 3.35. The number of benzene rings is 3. The molecule has 0 radical (unpaired) electrons. The molecule has 3 aromatic rings. The first-order valence-electron chi connectivity index (χ1n) is 9.48. The molecular weight excluding hydrogens is 416 g/mol. The Morgan fingerprint density at radius 2 is 1.32 bits per heavy atom. The van der Waals surface area contributed by atoms with Crippen LogP contribution >= 0.6 is 11.6 Å². The Balaban J connectivity index is 1.53. The molecule has 0 aliphatic carbocycles. The van der Waals surface area contributed by atoms with Gasteiger partial charge in [0, 0.05) is 41.5 Å². The molecule has 0 saturated heterocycles. The average molecular weight is 437 g/mol. The lowest BCUT2D eigenvalue weighted by molar-refractivity contribution is -0.118. The molecule has 0 unspecified atom stereocenters. The molecule has 0 aromatic heterocycles.